The van der Waals surface area contributed by atoms with E-state index >= 15 is 0 Å². The van der Waals surface area contributed by atoms with Crippen LogP contribution in [0.15, 0.2) is 29.4 Å². The smallest absolute Gasteiger partial charge is 0.313 e. The minimum absolute atomic E-state index is 0.0309. The number of aliphatic carboxylic acids is 1. The quantitative estimate of drug-likeness (QED) is 0.824. The molecular weight excluding hydrogens is 310 g/mol. The molecule has 0 bridgehead atoms. The van der Waals surface area contributed by atoms with Crippen LogP contribution in [0.4, 0.5) is 0 Å². The summed E-state index contributed by atoms with van der Waals surface area (Å²) in [7, 11) is 0. The summed E-state index contributed by atoms with van der Waals surface area (Å²) in [5, 5.41) is 18.4. The van der Waals surface area contributed by atoms with Crippen LogP contribution >= 0.6 is 23.4 Å². The molecule has 5 nitrogen and oxygen atoms in total. The van der Waals surface area contributed by atoms with E-state index in [4.69, 9.17) is 16.7 Å². The van der Waals surface area contributed by atoms with Crippen LogP contribution in [0.3, 0.4) is 0 Å². The molecule has 21 heavy (non-hydrogen) atoms. The standard InChI is InChI=1S/C14H16ClN3O2S/c1-9(2)7-18-13(10-3-5-11(15)6-4-10)16-17-14(18)21-8-12(19)20/h3-6,9H,7-8H2,1-2H3,(H,19,20). The van der Waals surface area contributed by atoms with E-state index in [-0.39, 0.29) is 5.75 Å². The van der Waals surface area contributed by atoms with E-state index < -0.39 is 5.97 Å². The summed E-state index contributed by atoms with van der Waals surface area (Å²) in [6.45, 7) is 4.92. The molecule has 0 fully saturated rings. The highest BCUT2D eigenvalue weighted by molar-refractivity contribution is 7.99. The molecule has 0 aliphatic rings. The Morgan fingerprint density at radius 1 is 1.33 bits per heavy atom. The summed E-state index contributed by atoms with van der Waals surface area (Å²) in [6.07, 6.45) is 0. The van der Waals surface area contributed by atoms with Crippen molar-refractivity contribution in [2.24, 2.45) is 5.92 Å². The third-order valence-corrected chi connectivity index (χ3v) is 3.90. The maximum absolute atomic E-state index is 10.7. The zero-order valence-corrected chi connectivity index (χ0v) is 13.4. The van der Waals surface area contributed by atoms with Gasteiger partial charge in [-0.1, -0.05) is 37.2 Å². The molecule has 1 aromatic heterocycles. The monoisotopic (exact) mass is 325 g/mol. The number of hydrogen-bond acceptors (Lipinski definition) is 4. The van der Waals surface area contributed by atoms with Gasteiger partial charge < -0.3 is 9.67 Å². The van der Waals surface area contributed by atoms with Crippen LogP contribution < -0.4 is 0 Å². The van der Waals surface area contributed by atoms with Gasteiger partial charge in [0.2, 0.25) is 0 Å². The van der Waals surface area contributed by atoms with Gasteiger partial charge in [-0.3, -0.25) is 4.79 Å². The van der Waals surface area contributed by atoms with Gasteiger partial charge in [0.15, 0.2) is 11.0 Å². The van der Waals surface area contributed by atoms with Crippen molar-refractivity contribution in [1.29, 1.82) is 0 Å². The van der Waals surface area contributed by atoms with E-state index in [0.29, 0.717) is 16.1 Å². The van der Waals surface area contributed by atoms with Crippen LogP contribution in [0.5, 0.6) is 0 Å². The second-order valence-corrected chi connectivity index (χ2v) is 6.38. The normalized spacial score (nSPS) is 11.0. The number of aromatic nitrogens is 3. The number of nitrogens with zero attached hydrogens (tertiary/aromatic N) is 3. The van der Waals surface area contributed by atoms with E-state index in [0.717, 1.165) is 17.9 Å². The highest BCUT2D eigenvalue weighted by Gasteiger charge is 2.16. The predicted molar refractivity (Wildman–Crippen MR) is 83.7 cm³/mol. The first kappa shape index (κ1) is 15.9. The largest absolute Gasteiger partial charge is 0.481 e. The molecule has 1 N–H and O–H groups in total. The summed E-state index contributed by atoms with van der Waals surface area (Å²) < 4.78 is 1.96. The van der Waals surface area contributed by atoms with Gasteiger partial charge in [0.05, 0.1) is 5.75 Å². The van der Waals surface area contributed by atoms with Crippen molar-refractivity contribution in [2.45, 2.75) is 25.5 Å². The maximum Gasteiger partial charge on any atom is 0.313 e. The molecule has 0 spiro atoms. The summed E-state index contributed by atoms with van der Waals surface area (Å²) in [4.78, 5) is 10.7. The van der Waals surface area contributed by atoms with E-state index in [9.17, 15) is 4.79 Å². The Hall–Kier alpha value is -1.53. The average Bonchev–Trinajstić information content (AvgIpc) is 2.79. The zero-order valence-electron chi connectivity index (χ0n) is 11.8. The van der Waals surface area contributed by atoms with Crippen molar-refractivity contribution < 1.29 is 9.90 Å². The molecule has 0 saturated heterocycles. The lowest BCUT2D eigenvalue weighted by Gasteiger charge is -2.12. The highest BCUT2D eigenvalue weighted by Crippen LogP contribution is 2.26. The molecule has 0 amide bonds. The van der Waals surface area contributed by atoms with Crippen molar-refractivity contribution in [3.05, 3.63) is 29.3 Å². The van der Waals surface area contributed by atoms with Crippen LogP contribution in [0.2, 0.25) is 5.02 Å². The number of benzene rings is 1. The van der Waals surface area contributed by atoms with E-state index in [1.807, 2.05) is 16.7 Å². The molecule has 112 valence electrons. The Balaban J connectivity index is 2.35. The van der Waals surface area contributed by atoms with Gasteiger partial charge in [0, 0.05) is 17.1 Å². The molecule has 2 aromatic rings. The molecule has 0 unspecified atom stereocenters. The fourth-order valence-electron chi connectivity index (χ4n) is 1.86. The van der Waals surface area contributed by atoms with Crippen LogP contribution in [0, 0.1) is 5.92 Å². The lowest BCUT2D eigenvalue weighted by atomic mass is 10.2. The fraction of sp³-hybridized carbons (Fsp3) is 0.357. The molecule has 0 aliphatic heterocycles. The number of rotatable bonds is 6. The Labute approximate surface area is 132 Å². The van der Waals surface area contributed by atoms with Gasteiger partial charge >= 0.3 is 5.97 Å². The van der Waals surface area contributed by atoms with Crippen molar-refractivity contribution in [3.8, 4) is 11.4 Å². The average molecular weight is 326 g/mol. The highest BCUT2D eigenvalue weighted by atomic mass is 35.5. The van der Waals surface area contributed by atoms with Crippen LogP contribution in [0.25, 0.3) is 11.4 Å². The minimum Gasteiger partial charge on any atom is -0.481 e. The summed E-state index contributed by atoms with van der Waals surface area (Å²) in [5.41, 5.74) is 0.912. The molecule has 0 atom stereocenters. The van der Waals surface area contributed by atoms with Gasteiger partial charge in [-0.05, 0) is 30.2 Å². The van der Waals surface area contributed by atoms with Gasteiger partial charge in [0.25, 0.3) is 0 Å². The first-order valence-corrected chi connectivity index (χ1v) is 7.87. The third-order valence-electron chi connectivity index (χ3n) is 2.69. The zero-order chi connectivity index (χ0) is 15.4. The Morgan fingerprint density at radius 2 is 2.00 bits per heavy atom. The molecule has 7 heteroatoms. The summed E-state index contributed by atoms with van der Waals surface area (Å²) >= 11 is 7.08. The SMILES string of the molecule is CC(C)Cn1c(SCC(=O)O)nnc1-c1ccc(Cl)cc1. The fourth-order valence-corrected chi connectivity index (χ4v) is 2.66. The molecule has 1 heterocycles. The number of carboxylic acid groups (broad SMARTS) is 1. The van der Waals surface area contributed by atoms with Crippen molar-refractivity contribution in [2.75, 3.05) is 5.75 Å². The molecule has 0 radical (unpaired) electrons. The van der Waals surface area contributed by atoms with E-state index in [2.05, 4.69) is 24.0 Å². The lowest BCUT2D eigenvalue weighted by Crippen LogP contribution is -2.09. The molecule has 2 rings (SSSR count). The molecular formula is C14H16ClN3O2S. The Morgan fingerprint density at radius 3 is 2.57 bits per heavy atom. The number of carboxylic acids is 1. The number of carbonyl (C=O) groups is 1. The third kappa shape index (κ3) is 4.22. The molecule has 0 aliphatic carbocycles. The number of thioether (sulfide) groups is 1. The lowest BCUT2D eigenvalue weighted by molar-refractivity contribution is -0.133. The minimum atomic E-state index is -0.868. The predicted octanol–water partition coefficient (Wildman–Crippen LogP) is 3.43. The summed E-state index contributed by atoms with van der Waals surface area (Å²) in [5.74, 6) is 0.230. The number of hydrogen-bond donors (Lipinski definition) is 1. The number of halogens is 1. The van der Waals surface area contributed by atoms with Gasteiger partial charge in [-0.25, -0.2) is 0 Å². The van der Waals surface area contributed by atoms with Crippen LogP contribution in [-0.2, 0) is 11.3 Å². The Bertz CT molecular complexity index is 626. The second-order valence-electron chi connectivity index (χ2n) is 5.00. The van der Waals surface area contributed by atoms with Crippen LogP contribution in [-0.4, -0.2) is 31.6 Å². The van der Waals surface area contributed by atoms with Gasteiger partial charge in [0.1, 0.15) is 0 Å². The van der Waals surface area contributed by atoms with Crippen molar-refractivity contribution in [1.82, 2.24) is 14.8 Å². The summed E-state index contributed by atoms with van der Waals surface area (Å²) in [6, 6.07) is 7.37. The molecule has 1 aromatic carbocycles. The van der Waals surface area contributed by atoms with Gasteiger partial charge in [-0.15, -0.1) is 10.2 Å². The van der Waals surface area contributed by atoms with Gasteiger partial charge in [-0.2, -0.15) is 0 Å². The topological polar surface area (TPSA) is 68.0 Å². The Kier molecular flexibility index (Phi) is 5.25. The second kappa shape index (κ2) is 6.95. The first-order chi connectivity index (χ1) is 9.97. The van der Waals surface area contributed by atoms with Crippen molar-refractivity contribution >= 4 is 29.3 Å². The van der Waals surface area contributed by atoms with Crippen LogP contribution in [0.1, 0.15) is 13.8 Å². The van der Waals surface area contributed by atoms with Crippen molar-refractivity contribution in [3.63, 3.8) is 0 Å². The van der Waals surface area contributed by atoms with E-state index in [1.165, 1.54) is 11.8 Å². The maximum atomic E-state index is 10.7. The molecule has 0 saturated carbocycles. The van der Waals surface area contributed by atoms with E-state index in [1.54, 1.807) is 12.1 Å². The first-order valence-electron chi connectivity index (χ1n) is 6.51.